The van der Waals surface area contributed by atoms with Gasteiger partial charge in [-0.2, -0.15) is 0 Å². The summed E-state index contributed by atoms with van der Waals surface area (Å²) < 4.78 is 54.4. The molecule has 0 saturated carbocycles. The van der Waals surface area contributed by atoms with Crippen molar-refractivity contribution in [3.63, 3.8) is 0 Å². The van der Waals surface area contributed by atoms with Crippen LogP contribution in [-0.4, -0.2) is 18.0 Å². The van der Waals surface area contributed by atoms with Gasteiger partial charge in [-0.1, -0.05) is 112 Å². The third-order valence-corrected chi connectivity index (χ3v) is 10.2. The molecule has 0 fully saturated rings. The van der Waals surface area contributed by atoms with E-state index in [1.54, 1.807) is 20.8 Å². The standard InChI is InChI=1S/C29H24NO2.C14H16NSi.Ir/c1-17-16-30-22(13-18(17)15-29(2,3)4)21-14-25-26(19-9-5-7-11-23(19)31-25)27-20-10-6-8-12-24(20)32-28(21)27;1-16(2,3)13-9-10-14(15-11-13)12-7-5-4-6-8-12;/h5-13,16H,15H2,1-4H3;4-7,9-11H,1-3H3;/q2*-1;/i1D3,15D2;;. The molecule has 8 rings (SSSR count). The van der Waals surface area contributed by atoms with Crippen LogP contribution in [0.2, 0.25) is 19.6 Å². The van der Waals surface area contributed by atoms with Gasteiger partial charge in [0.2, 0.25) is 0 Å². The Morgan fingerprint density at radius 1 is 0.796 bits per heavy atom. The fourth-order valence-electron chi connectivity index (χ4n) is 5.85. The van der Waals surface area contributed by atoms with E-state index in [2.05, 4.69) is 53.9 Å². The number of furan rings is 2. The van der Waals surface area contributed by atoms with Crippen LogP contribution in [0.25, 0.3) is 66.4 Å². The van der Waals surface area contributed by atoms with E-state index in [4.69, 9.17) is 15.7 Å². The first-order chi connectivity index (χ1) is 24.9. The first-order valence-corrected chi connectivity index (χ1v) is 19.6. The van der Waals surface area contributed by atoms with Crippen LogP contribution in [-0.2, 0) is 26.5 Å². The molecular formula is C43H40IrN2O2Si-2. The number of nitrogens with zero attached hydrogens (tertiary/aromatic N) is 2. The van der Waals surface area contributed by atoms with Crippen molar-refractivity contribution >= 4 is 57.1 Å². The number of fused-ring (bicyclic) bond motifs is 7. The summed E-state index contributed by atoms with van der Waals surface area (Å²) >= 11 is 0. The molecule has 8 aromatic rings. The Morgan fingerprint density at radius 2 is 1.47 bits per heavy atom. The number of aromatic nitrogens is 2. The van der Waals surface area contributed by atoms with Gasteiger partial charge in [0.15, 0.2) is 0 Å². The summed E-state index contributed by atoms with van der Waals surface area (Å²) in [6.45, 7) is 9.72. The van der Waals surface area contributed by atoms with Gasteiger partial charge < -0.3 is 18.8 Å². The van der Waals surface area contributed by atoms with E-state index < -0.39 is 26.7 Å². The van der Waals surface area contributed by atoms with Crippen LogP contribution in [0.4, 0.5) is 0 Å². The maximum absolute atomic E-state index is 8.89. The molecule has 249 valence electrons. The zero-order valence-corrected chi connectivity index (χ0v) is 31.8. The van der Waals surface area contributed by atoms with Crippen molar-refractivity contribution in [3.8, 4) is 22.5 Å². The molecule has 49 heavy (non-hydrogen) atoms. The molecule has 4 aromatic heterocycles. The van der Waals surface area contributed by atoms with Gasteiger partial charge in [0.1, 0.15) is 11.2 Å². The smallest absolute Gasteiger partial charge is 0.123 e. The second kappa shape index (κ2) is 13.5. The molecule has 0 atom stereocenters. The number of para-hydroxylation sites is 2. The van der Waals surface area contributed by atoms with Crippen LogP contribution in [0.1, 0.15) is 38.8 Å². The van der Waals surface area contributed by atoms with E-state index >= 15 is 0 Å². The maximum atomic E-state index is 8.89. The predicted molar refractivity (Wildman–Crippen MR) is 202 cm³/mol. The second-order valence-electron chi connectivity index (χ2n) is 14.1. The molecule has 0 aliphatic carbocycles. The van der Waals surface area contributed by atoms with Crippen LogP contribution in [0, 0.1) is 24.4 Å². The normalized spacial score (nSPS) is 14.0. The number of hydrogen-bond acceptors (Lipinski definition) is 4. The van der Waals surface area contributed by atoms with Crippen molar-refractivity contribution in [2.24, 2.45) is 5.41 Å². The summed E-state index contributed by atoms with van der Waals surface area (Å²) in [6, 6.07) is 35.8. The van der Waals surface area contributed by atoms with Crippen LogP contribution >= 0.6 is 0 Å². The second-order valence-corrected chi connectivity index (χ2v) is 19.1. The average Bonchev–Trinajstić information content (AvgIpc) is 3.69. The molecule has 1 radical (unpaired) electrons. The molecule has 4 heterocycles. The average molecular weight is 842 g/mol. The summed E-state index contributed by atoms with van der Waals surface area (Å²) in [6.07, 6.45) is 1.32. The Labute approximate surface area is 310 Å². The van der Waals surface area contributed by atoms with Crippen LogP contribution in [0.5, 0.6) is 0 Å². The third-order valence-electron chi connectivity index (χ3n) is 8.19. The number of rotatable bonds is 4. The Hall–Kier alpha value is -4.35. The van der Waals surface area contributed by atoms with Gasteiger partial charge in [-0.3, -0.25) is 0 Å². The fraction of sp³-hybridized carbons (Fsp3) is 0.209. The maximum Gasteiger partial charge on any atom is 0.123 e. The van der Waals surface area contributed by atoms with Crippen molar-refractivity contribution in [2.75, 3.05) is 0 Å². The van der Waals surface area contributed by atoms with Crippen LogP contribution < -0.4 is 5.19 Å². The summed E-state index contributed by atoms with van der Waals surface area (Å²) in [4.78, 5) is 9.01. The molecule has 0 spiro atoms. The molecular weight excluding hydrogens is 797 g/mol. The van der Waals surface area contributed by atoms with E-state index in [0.29, 0.717) is 33.6 Å². The fourth-order valence-corrected chi connectivity index (χ4v) is 6.89. The van der Waals surface area contributed by atoms with Crippen molar-refractivity contribution in [2.45, 2.75) is 53.6 Å². The van der Waals surface area contributed by atoms with E-state index in [9.17, 15) is 0 Å². The molecule has 0 N–H and O–H groups in total. The summed E-state index contributed by atoms with van der Waals surface area (Å²) in [5.74, 6) is 0. The molecule has 0 amide bonds. The first-order valence-electron chi connectivity index (χ1n) is 18.6. The van der Waals surface area contributed by atoms with E-state index in [0.717, 1.165) is 32.8 Å². The zero-order chi connectivity index (χ0) is 37.9. The molecule has 0 saturated heterocycles. The van der Waals surface area contributed by atoms with Crippen molar-refractivity contribution in [1.82, 2.24) is 9.97 Å². The van der Waals surface area contributed by atoms with Gasteiger partial charge in [-0.15, -0.1) is 35.9 Å². The van der Waals surface area contributed by atoms with Crippen molar-refractivity contribution in [3.05, 3.63) is 127 Å². The Kier molecular flexibility index (Phi) is 7.85. The quantitative estimate of drug-likeness (QED) is 0.131. The van der Waals surface area contributed by atoms with Crippen LogP contribution in [0.3, 0.4) is 0 Å². The predicted octanol–water partition coefficient (Wildman–Crippen LogP) is 11.3. The zero-order valence-electron chi connectivity index (χ0n) is 33.4. The molecule has 4 nitrogen and oxygen atoms in total. The molecule has 0 aliphatic heterocycles. The van der Waals surface area contributed by atoms with Gasteiger partial charge in [0, 0.05) is 44.7 Å². The van der Waals surface area contributed by atoms with Crippen LogP contribution in [0.15, 0.2) is 112 Å². The number of benzene rings is 4. The van der Waals surface area contributed by atoms with Crippen molar-refractivity contribution in [1.29, 1.82) is 0 Å². The molecule has 0 bridgehead atoms. The van der Waals surface area contributed by atoms with E-state index in [1.165, 1.54) is 17.4 Å². The summed E-state index contributed by atoms with van der Waals surface area (Å²) in [5.41, 5.74) is 4.48. The minimum absolute atomic E-state index is 0. The SMILES string of the molecule is C[Si](C)(C)c1ccc(-c2[c-]cccc2)nc1.[2H]C([2H])([2H])c1cnc(-c2[c-]c3oc4ccccc4c3c3c2oc2ccccc23)cc1C([2H])([2H])C(C)(C)C.[Ir]. The van der Waals surface area contributed by atoms with Gasteiger partial charge in [-0.25, -0.2) is 0 Å². The molecule has 6 heteroatoms. The molecule has 4 aromatic carbocycles. The van der Waals surface area contributed by atoms with E-state index in [1.807, 2.05) is 79.0 Å². The number of pyridine rings is 2. The van der Waals surface area contributed by atoms with Gasteiger partial charge >= 0.3 is 0 Å². The topological polar surface area (TPSA) is 52.1 Å². The Balaban J connectivity index is 0.000000246. The first kappa shape index (κ1) is 28.5. The van der Waals surface area contributed by atoms with Gasteiger partial charge in [-0.05, 0) is 69.1 Å². The van der Waals surface area contributed by atoms with E-state index in [-0.39, 0.29) is 31.2 Å². The van der Waals surface area contributed by atoms with Crippen molar-refractivity contribution < 1.29 is 35.8 Å². The largest absolute Gasteiger partial charge is 0.501 e. The Bertz CT molecular complexity index is 2600. The molecule has 0 unspecified atom stereocenters. The summed E-state index contributed by atoms with van der Waals surface area (Å²) in [7, 11) is -1.23. The number of aryl methyl sites for hydroxylation is 1. The minimum Gasteiger partial charge on any atom is -0.501 e. The van der Waals surface area contributed by atoms with Gasteiger partial charge in [0.05, 0.1) is 19.2 Å². The third kappa shape index (κ3) is 7.05. The number of hydrogen-bond donors (Lipinski definition) is 0. The summed E-state index contributed by atoms with van der Waals surface area (Å²) in [5, 5.41) is 4.98. The minimum atomic E-state index is -2.53. The Morgan fingerprint density at radius 3 is 2.10 bits per heavy atom. The molecule has 0 aliphatic rings. The monoisotopic (exact) mass is 842 g/mol. The van der Waals surface area contributed by atoms with Gasteiger partial charge in [0.25, 0.3) is 0 Å².